The van der Waals surface area contributed by atoms with E-state index in [-0.39, 0.29) is 12.4 Å². The zero-order valence-corrected chi connectivity index (χ0v) is 7.75. The van der Waals surface area contributed by atoms with Crippen molar-refractivity contribution in [3.05, 3.63) is 0 Å². The first-order chi connectivity index (χ1) is 6.15. The average molecular weight is 184 g/mol. The first kappa shape index (κ1) is 9.16. The van der Waals surface area contributed by atoms with Crippen LogP contribution in [0, 0.1) is 5.41 Å². The van der Waals surface area contributed by atoms with Gasteiger partial charge in [-0.15, -0.1) is 0 Å². The molecule has 0 bridgehead atoms. The van der Waals surface area contributed by atoms with Crippen LogP contribution >= 0.6 is 0 Å². The molecule has 0 aliphatic heterocycles. The fourth-order valence-corrected chi connectivity index (χ4v) is 3.07. The Morgan fingerprint density at radius 1 is 1.23 bits per heavy atom. The highest BCUT2D eigenvalue weighted by Gasteiger charge is 2.59. The van der Waals surface area contributed by atoms with E-state index in [2.05, 4.69) is 0 Å². The second-order valence-corrected chi connectivity index (χ2v) is 4.40. The number of hydrogen-bond donors (Lipinski definition) is 2. The minimum absolute atomic E-state index is 0.168. The summed E-state index contributed by atoms with van der Waals surface area (Å²) >= 11 is 0. The van der Waals surface area contributed by atoms with Crippen LogP contribution in [0.25, 0.3) is 0 Å². The Balaban J connectivity index is 2.35. The molecular formula is C10H16O3. The quantitative estimate of drug-likeness (QED) is 0.628. The topological polar surface area (TPSA) is 57.5 Å². The lowest BCUT2D eigenvalue weighted by Gasteiger charge is -2.36. The summed E-state index contributed by atoms with van der Waals surface area (Å²) in [6.07, 6.45) is 4.44. The molecule has 2 aliphatic carbocycles. The predicted molar refractivity (Wildman–Crippen MR) is 47.2 cm³/mol. The maximum atomic E-state index is 11.7. The predicted octanol–water partition coefficient (Wildman–Crippen LogP) is 0.633. The second-order valence-electron chi connectivity index (χ2n) is 4.40. The largest absolute Gasteiger partial charge is 0.393 e. The van der Waals surface area contributed by atoms with Gasteiger partial charge in [0.2, 0.25) is 0 Å². The van der Waals surface area contributed by atoms with Crippen LogP contribution in [0.5, 0.6) is 0 Å². The van der Waals surface area contributed by atoms with E-state index in [0.717, 1.165) is 25.7 Å². The highest BCUT2D eigenvalue weighted by molar-refractivity contribution is 5.88. The Morgan fingerprint density at radius 2 is 1.92 bits per heavy atom. The molecule has 0 radical (unpaired) electrons. The van der Waals surface area contributed by atoms with Crippen molar-refractivity contribution in [2.75, 3.05) is 6.61 Å². The molecule has 2 rings (SSSR count). The number of ketones is 1. The third-order valence-electron chi connectivity index (χ3n) is 3.89. The number of hydrogen-bond acceptors (Lipinski definition) is 3. The summed E-state index contributed by atoms with van der Waals surface area (Å²) < 4.78 is 0. The normalized spacial score (nSPS) is 44.9. The summed E-state index contributed by atoms with van der Waals surface area (Å²) in [5.41, 5.74) is -1.69. The van der Waals surface area contributed by atoms with Crippen LogP contribution in [0.2, 0.25) is 0 Å². The summed E-state index contributed by atoms with van der Waals surface area (Å²) in [6.45, 7) is -0.265. The fraction of sp³-hybridized carbons (Fsp3) is 0.900. The lowest BCUT2D eigenvalue weighted by molar-refractivity contribution is -0.145. The molecule has 0 amide bonds. The second kappa shape index (κ2) is 2.79. The smallest absolute Gasteiger partial charge is 0.142 e. The lowest BCUT2D eigenvalue weighted by Crippen LogP contribution is -2.49. The zero-order chi connectivity index (χ0) is 9.53. The zero-order valence-electron chi connectivity index (χ0n) is 7.75. The van der Waals surface area contributed by atoms with E-state index in [1.54, 1.807) is 0 Å². The maximum Gasteiger partial charge on any atom is 0.142 e. The molecule has 3 heteroatoms. The number of aliphatic hydroxyl groups is 2. The van der Waals surface area contributed by atoms with Gasteiger partial charge in [-0.2, -0.15) is 0 Å². The summed E-state index contributed by atoms with van der Waals surface area (Å²) in [7, 11) is 0. The Bertz CT molecular complexity index is 234. The van der Waals surface area contributed by atoms with Crippen LogP contribution in [0.1, 0.15) is 38.5 Å². The molecular weight excluding hydrogens is 168 g/mol. The summed E-state index contributed by atoms with van der Waals surface area (Å²) in [5, 5.41) is 19.3. The van der Waals surface area contributed by atoms with Crippen LogP contribution in [-0.2, 0) is 4.79 Å². The number of Topliss-reactive ketones (excluding diaryl/α,β-unsaturated/α-hetero) is 1. The van der Waals surface area contributed by atoms with E-state index in [1.165, 1.54) is 0 Å². The van der Waals surface area contributed by atoms with E-state index in [9.17, 15) is 9.90 Å². The molecule has 0 aromatic heterocycles. The average Bonchev–Trinajstić information content (AvgIpc) is 2.63. The van der Waals surface area contributed by atoms with Gasteiger partial charge in [0.25, 0.3) is 0 Å². The summed E-state index contributed by atoms with van der Waals surface area (Å²) in [4.78, 5) is 11.7. The first-order valence-electron chi connectivity index (χ1n) is 5.01. The number of carbonyl (C=O) groups is 1. The van der Waals surface area contributed by atoms with Gasteiger partial charge < -0.3 is 10.2 Å². The molecule has 3 nitrogen and oxygen atoms in total. The Labute approximate surface area is 77.8 Å². The van der Waals surface area contributed by atoms with Gasteiger partial charge in [0.05, 0.1) is 12.0 Å². The van der Waals surface area contributed by atoms with Gasteiger partial charge in [0.1, 0.15) is 11.4 Å². The lowest BCUT2D eigenvalue weighted by atomic mass is 9.72. The van der Waals surface area contributed by atoms with E-state index >= 15 is 0 Å². The molecule has 2 saturated carbocycles. The molecule has 0 aromatic rings. The third kappa shape index (κ3) is 1.00. The van der Waals surface area contributed by atoms with Crippen molar-refractivity contribution in [1.29, 1.82) is 0 Å². The monoisotopic (exact) mass is 184 g/mol. The van der Waals surface area contributed by atoms with E-state index in [1.807, 2.05) is 0 Å². The van der Waals surface area contributed by atoms with Crippen LogP contribution in [0.3, 0.4) is 0 Å². The fourth-order valence-electron chi connectivity index (χ4n) is 3.07. The number of rotatable bonds is 1. The molecule has 1 spiro atoms. The van der Waals surface area contributed by atoms with Crippen molar-refractivity contribution in [3.8, 4) is 0 Å². The molecule has 2 aliphatic rings. The van der Waals surface area contributed by atoms with Gasteiger partial charge >= 0.3 is 0 Å². The van der Waals surface area contributed by atoms with Crippen molar-refractivity contribution in [2.24, 2.45) is 5.41 Å². The molecule has 0 heterocycles. The standard InChI is InChI=1S/C10H16O3/c11-7-10(13)6-2-5-9(10)4-1-3-8(9)12/h11,13H,1-7H2. The van der Waals surface area contributed by atoms with Gasteiger partial charge in [0, 0.05) is 6.42 Å². The SMILES string of the molecule is O=C1CCCC12CCCC2(O)CO. The van der Waals surface area contributed by atoms with Crippen LogP contribution < -0.4 is 0 Å². The molecule has 2 fully saturated rings. The van der Waals surface area contributed by atoms with Gasteiger partial charge in [-0.3, -0.25) is 4.79 Å². The third-order valence-corrected chi connectivity index (χ3v) is 3.89. The molecule has 2 atom stereocenters. The van der Waals surface area contributed by atoms with Gasteiger partial charge in [-0.05, 0) is 32.1 Å². The van der Waals surface area contributed by atoms with Crippen molar-refractivity contribution in [2.45, 2.75) is 44.1 Å². The van der Waals surface area contributed by atoms with Crippen molar-refractivity contribution in [1.82, 2.24) is 0 Å². The van der Waals surface area contributed by atoms with Crippen molar-refractivity contribution < 1.29 is 15.0 Å². The van der Waals surface area contributed by atoms with Crippen LogP contribution in [-0.4, -0.2) is 28.2 Å². The molecule has 74 valence electrons. The van der Waals surface area contributed by atoms with Crippen LogP contribution in [0.15, 0.2) is 0 Å². The maximum absolute atomic E-state index is 11.7. The first-order valence-corrected chi connectivity index (χ1v) is 5.01. The Hall–Kier alpha value is -0.410. The minimum Gasteiger partial charge on any atom is -0.393 e. The van der Waals surface area contributed by atoms with E-state index < -0.39 is 11.0 Å². The number of aliphatic hydroxyl groups excluding tert-OH is 1. The molecule has 13 heavy (non-hydrogen) atoms. The Morgan fingerprint density at radius 3 is 2.46 bits per heavy atom. The summed E-state index contributed by atoms with van der Waals surface area (Å²) in [5.74, 6) is 0.168. The number of carbonyl (C=O) groups excluding carboxylic acids is 1. The molecule has 2 unspecified atom stereocenters. The van der Waals surface area contributed by atoms with Gasteiger partial charge in [0.15, 0.2) is 0 Å². The highest BCUT2D eigenvalue weighted by atomic mass is 16.3. The highest BCUT2D eigenvalue weighted by Crippen LogP contribution is 2.54. The molecule has 2 N–H and O–H groups in total. The van der Waals surface area contributed by atoms with Crippen LogP contribution in [0.4, 0.5) is 0 Å². The summed E-state index contributed by atoms with van der Waals surface area (Å²) in [6, 6.07) is 0. The van der Waals surface area contributed by atoms with Gasteiger partial charge in [-0.1, -0.05) is 0 Å². The van der Waals surface area contributed by atoms with Gasteiger partial charge in [-0.25, -0.2) is 0 Å². The van der Waals surface area contributed by atoms with E-state index in [4.69, 9.17) is 5.11 Å². The minimum atomic E-state index is -1.11. The molecule has 0 aromatic carbocycles. The van der Waals surface area contributed by atoms with Crippen molar-refractivity contribution >= 4 is 5.78 Å². The van der Waals surface area contributed by atoms with Crippen molar-refractivity contribution in [3.63, 3.8) is 0 Å². The molecule has 0 saturated heterocycles. The Kier molecular flexibility index (Phi) is 1.96. The van der Waals surface area contributed by atoms with E-state index in [0.29, 0.717) is 12.8 Å².